The van der Waals surface area contributed by atoms with Crippen LogP contribution in [-0.2, 0) is 0 Å². The van der Waals surface area contributed by atoms with E-state index >= 15 is 0 Å². The van der Waals surface area contributed by atoms with Crippen molar-refractivity contribution in [3.8, 4) is 0 Å². The number of nitrogens with two attached hydrogens (primary N) is 1. The van der Waals surface area contributed by atoms with Crippen LogP contribution in [-0.4, -0.2) is 11.7 Å². The van der Waals surface area contributed by atoms with Crippen molar-refractivity contribution >= 4 is 11.7 Å². The molecular formula is C10H15N3. The Labute approximate surface area is 78.9 Å². The summed E-state index contributed by atoms with van der Waals surface area (Å²) >= 11 is 0. The third-order valence-electron chi connectivity index (χ3n) is 1.41. The van der Waals surface area contributed by atoms with Crippen LogP contribution in [0.2, 0.25) is 0 Å². The molecule has 3 heteroatoms. The summed E-state index contributed by atoms with van der Waals surface area (Å²) in [6.45, 7) is 10.7. The lowest BCUT2D eigenvalue weighted by molar-refractivity contribution is 1.37. The minimum Gasteiger partial charge on any atom is -0.383 e. The van der Waals surface area contributed by atoms with Gasteiger partial charge in [-0.05, 0) is 25.0 Å². The third kappa shape index (κ3) is 4.06. The quantitative estimate of drug-likeness (QED) is 0.386. The summed E-state index contributed by atoms with van der Waals surface area (Å²) in [5, 5.41) is 7.38. The fourth-order valence-electron chi connectivity index (χ4n) is 0.566. The largest absolute Gasteiger partial charge is 0.383 e. The van der Waals surface area contributed by atoms with E-state index in [9.17, 15) is 0 Å². The van der Waals surface area contributed by atoms with E-state index in [4.69, 9.17) is 11.1 Å². The Balaban J connectivity index is 4.68. The van der Waals surface area contributed by atoms with Gasteiger partial charge in [-0.3, -0.25) is 5.41 Å². The summed E-state index contributed by atoms with van der Waals surface area (Å²) in [7, 11) is 0. The molecule has 0 saturated carbocycles. The van der Waals surface area contributed by atoms with Crippen molar-refractivity contribution < 1.29 is 0 Å². The first-order chi connectivity index (χ1) is 5.99. The topological polar surface area (TPSA) is 62.2 Å². The highest BCUT2D eigenvalue weighted by atomic mass is 14.9. The molecule has 0 radical (unpaired) electrons. The molecule has 0 aliphatic rings. The highest BCUT2D eigenvalue weighted by molar-refractivity contribution is 6.08. The Morgan fingerprint density at radius 1 is 1.46 bits per heavy atom. The minimum absolute atomic E-state index is 0.106. The van der Waals surface area contributed by atoms with Crippen molar-refractivity contribution in [2.24, 2.45) is 10.7 Å². The van der Waals surface area contributed by atoms with Gasteiger partial charge < -0.3 is 5.73 Å². The van der Waals surface area contributed by atoms with Gasteiger partial charge >= 0.3 is 0 Å². The van der Waals surface area contributed by atoms with E-state index in [2.05, 4.69) is 18.2 Å². The fraction of sp³-hybridized carbons (Fsp3) is 0.200. The van der Waals surface area contributed by atoms with Gasteiger partial charge in [0.25, 0.3) is 0 Å². The van der Waals surface area contributed by atoms with Gasteiger partial charge in [0.15, 0.2) is 0 Å². The molecule has 3 N–H and O–H groups in total. The maximum Gasteiger partial charge on any atom is 0.149 e. The second-order valence-electron chi connectivity index (χ2n) is 2.71. The van der Waals surface area contributed by atoms with Gasteiger partial charge in [-0.25, -0.2) is 4.99 Å². The molecule has 0 spiro atoms. The van der Waals surface area contributed by atoms with Crippen LogP contribution in [0.5, 0.6) is 0 Å². The summed E-state index contributed by atoms with van der Waals surface area (Å²) in [5.41, 5.74) is 6.98. The van der Waals surface area contributed by atoms with Crippen molar-refractivity contribution in [2.75, 3.05) is 0 Å². The molecule has 0 saturated heterocycles. The molecule has 0 bridgehead atoms. The van der Waals surface area contributed by atoms with E-state index in [-0.39, 0.29) is 5.84 Å². The van der Waals surface area contributed by atoms with Gasteiger partial charge in [0.2, 0.25) is 0 Å². The summed E-state index contributed by atoms with van der Waals surface area (Å²) in [6.07, 6.45) is 3.37. The maximum absolute atomic E-state index is 7.38. The molecule has 0 amide bonds. The number of nitrogens with zero attached hydrogens (tertiary/aromatic N) is 1. The highest BCUT2D eigenvalue weighted by Gasteiger charge is 1.98. The molecule has 3 nitrogen and oxygen atoms in total. The van der Waals surface area contributed by atoms with E-state index in [1.807, 2.05) is 6.92 Å². The number of hydrogen-bond donors (Lipinski definition) is 2. The molecule has 0 aliphatic heterocycles. The van der Waals surface area contributed by atoms with Crippen molar-refractivity contribution in [3.05, 3.63) is 36.5 Å². The molecule has 0 aliphatic carbocycles. The van der Waals surface area contributed by atoms with Crippen LogP contribution in [0, 0.1) is 5.41 Å². The van der Waals surface area contributed by atoms with E-state index in [1.54, 1.807) is 19.1 Å². The normalized spacial score (nSPS) is 12.5. The average Bonchev–Trinajstić information content (AvgIpc) is 2.04. The van der Waals surface area contributed by atoms with Crippen LogP contribution in [0.4, 0.5) is 0 Å². The Hall–Kier alpha value is -1.64. The number of amidine groups is 2. The molecule has 0 aromatic heterocycles. The summed E-state index contributed by atoms with van der Waals surface area (Å²) < 4.78 is 0. The van der Waals surface area contributed by atoms with Gasteiger partial charge in [0, 0.05) is 0 Å². The van der Waals surface area contributed by atoms with E-state index < -0.39 is 0 Å². The van der Waals surface area contributed by atoms with E-state index in [1.165, 1.54) is 0 Å². The lowest BCUT2D eigenvalue weighted by Crippen LogP contribution is -2.15. The minimum atomic E-state index is 0.106. The first kappa shape index (κ1) is 11.4. The Morgan fingerprint density at radius 3 is 2.38 bits per heavy atom. The molecule has 0 rings (SSSR count). The smallest absolute Gasteiger partial charge is 0.149 e. The molecule has 13 heavy (non-hydrogen) atoms. The van der Waals surface area contributed by atoms with Crippen LogP contribution in [0.3, 0.4) is 0 Å². The lowest BCUT2D eigenvalue weighted by Gasteiger charge is -2.00. The Kier molecular flexibility index (Phi) is 4.44. The van der Waals surface area contributed by atoms with Crippen molar-refractivity contribution in [3.63, 3.8) is 0 Å². The predicted octanol–water partition coefficient (Wildman–Crippen LogP) is 2.03. The van der Waals surface area contributed by atoms with E-state index in [0.29, 0.717) is 11.4 Å². The van der Waals surface area contributed by atoms with Gasteiger partial charge in [0.1, 0.15) is 11.7 Å². The van der Waals surface area contributed by atoms with Crippen molar-refractivity contribution in [1.29, 1.82) is 5.41 Å². The summed E-state index contributed by atoms with van der Waals surface area (Å²) in [6, 6.07) is 0. The maximum atomic E-state index is 7.38. The zero-order chi connectivity index (χ0) is 10.4. The first-order valence-corrected chi connectivity index (χ1v) is 3.87. The molecule has 0 aromatic rings. The Bertz CT molecular complexity index is 295. The third-order valence-corrected chi connectivity index (χ3v) is 1.41. The van der Waals surface area contributed by atoms with Gasteiger partial charge in [-0.15, -0.1) is 0 Å². The first-order valence-electron chi connectivity index (χ1n) is 3.87. The van der Waals surface area contributed by atoms with Crippen LogP contribution >= 0.6 is 0 Å². The molecule has 0 atom stereocenters. The number of aliphatic imine (C=N–C) groups is 1. The standard InChI is InChI=1S/C10H15N3/c1-5-6-8(4)10(12)13-9(11)7(2)3/h5-6H,1-2H2,3-4H3,(H3,11,12,13)/b8-6+. The number of allylic oxidation sites excluding steroid dienone is 2. The summed E-state index contributed by atoms with van der Waals surface area (Å²) in [4.78, 5) is 3.86. The van der Waals surface area contributed by atoms with Crippen LogP contribution in [0.25, 0.3) is 0 Å². The molecular weight excluding hydrogens is 162 g/mol. The number of rotatable bonds is 3. The monoisotopic (exact) mass is 177 g/mol. The number of hydrogen-bond acceptors (Lipinski definition) is 1. The summed E-state index contributed by atoms with van der Waals surface area (Å²) in [5.74, 6) is 0.433. The molecule has 0 fully saturated rings. The predicted molar refractivity (Wildman–Crippen MR) is 58.1 cm³/mol. The fourth-order valence-corrected chi connectivity index (χ4v) is 0.566. The van der Waals surface area contributed by atoms with Crippen LogP contribution in [0.1, 0.15) is 13.8 Å². The van der Waals surface area contributed by atoms with Crippen LogP contribution in [0.15, 0.2) is 41.4 Å². The van der Waals surface area contributed by atoms with Crippen molar-refractivity contribution in [1.82, 2.24) is 0 Å². The lowest BCUT2D eigenvalue weighted by atomic mass is 10.2. The molecule has 0 aromatic carbocycles. The van der Waals surface area contributed by atoms with Gasteiger partial charge in [0.05, 0.1) is 0 Å². The Morgan fingerprint density at radius 2 is 2.00 bits per heavy atom. The average molecular weight is 177 g/mol. The zero-order valence-corrected chi connectivity index (χ0v) is 8.09. The highest BCUT2D eigenvalue weighted by Crippen LogP contribution is 1.97. The second-order valence-corrected chi connectivity index (χ2v) is 2.71. The zero-order valence-electron chi connectivity index (χ0n) is 8.09. The second kappa shape index (κ2) is 5.09. The van der Waals surface area contributed by atoms with Gasteiger partial charge in [-0.1, -0.05) is 25.3 Å². The van der Waals surface area contributed by atoms with E-state index in [0.717, 1.165) is 5.57 Å². The SMILES string of the molecule is C=C/C=C(\C)C(N)=NC(=N)C(=C)C. The molecule has 70 valence electrons. The molecule has 0 unspecified atom stereocenters. The van der Waals surface area contributed by atoms with Crippen LogP contribution < -0.4 is 5.73 Å². The number of nitrogens with one attached hydrogen (secondary N) is 1. The van der Waals surface area contributed by atoms with Gasteiger partial charge in [-0.2, -0.15) is 0 Å². The van der Waals surface area contributed by atoms with Crippen molar-refractivity contribution in [2.45, 2.75) is 13.8 Å². The molecule has 0 heterocycles.